The highest BCUT2D eigenvalue weighted by molar-refractivity contribution is 6.32. The third-order valence-electron chi connectivity index (χ3n) is 2.48. The Labute approximate surface area is 93.4 Å². The van der Waals surface area contributed by atoms with Gasteiger partial charge >= 0.3 is 0 Å². The van der Waals surface area contributed by atoms with Crippen molar-refractivity contribution in [3.8, 4) is 5.75 Å². The normalized spacial score (nSPS) is 15.2. The Morgan fingerprint density at radius 2 is 2.27 bits per heavy atom. The predicted octanol–water partition coefficient (Wildman–Crippen LogP) is 2.28. The van der Waals surface area contributed by atoms with Crippen LogP contribution in [0.15, 0.2) is 12.1 Å². The lowest BCUT2D eigenvalue weighted by Crippen LogP contribution is -2.03. The number of methoxy groups -OCH3 is 1. The summed E-state index contributed by atoms with van der Waals surface area (Å²) >= 11 is 6.00. The fourth-order valence-electron chi connectivity index (χ4n) is 1.70. The molecule has 4 heteroatoms. The first-order valence-electron chi connectivity index (χ1n) is 4.82. The smallest absolute Gasteiger partial charge is 0.139 e. The standard InChI is InChI=1S/C11H12ClNO2/c1-15-11-5-7-4-8(14)2-3-13-10(7)6-9(11)12/h5-6,13H,2-4H2,1H3. The van der Waals surface area contributed by atoms with E-state index in [4.69, 9.17) is 16.3 Å². The van der Waals surface area contributed by atoms with E-state index in [-0.39, 0.29) is 5.78 Å². The van der Waals surface area contributed by atoms with Gasteiger partial charge in [0.1, 0.15) is 11.5 Å². The molecule has 0 aliphatic carbocycles. The van der Waals surface area contributed by atoms with Crippen LogP contribution in [-0.2, 0) is 11.2 Å². The van der Waals surface area contributed by atoms with E-state index in [0.29, 0.717) is 30.2 Å². The Hall–Kier alpha value is -1.22. The number of anilines is 1. The first-order chi connectivity index (χ1) is 7.20. The maximum atomic E-state index is 11.4. The maximum Gasteiger partial charge on any atom is 0.139 e. The van der Waals surface area contributed by atoms with Crippen LogP contribution in [0.25, 0.3) is 0 Å². The summed E-state index contributed by atoms with van der Waals surface area (Å²) in [6, 6.07) is 3.64. The quantitative estimate of drug-likeness (QED) is 0.797. The molecular formula is C11H12ClNO2. The zero-order valence-electron chi connectivity index (χ0n) is 8.47. The number of ether oxygens (including phenoxy) is 1. The van der Waals surface area contributed by atoms with Gasteiger partial charge in [-0.15, -0.1) is 0 Å². The van der Waals surface area contributed by atoms with Crippen LogP contribution < -0.4 is 10.1 Å². The van der Waals surface area contributed by atoms with Crippen LogP contribution in [0.3, 0.4) is 0 Å². The number of carbonyl (C=O) groups excluding carboxylic acids is 1. The number of rotatable bonds is 1. The number of fused-ring (bicyclic) bond motifs is 1. The van der Waals surface area contributed by atoms with Crippen molar-refractivity contribution in [1.29, 1.82) is 0 Å². The third kappa shape index (κ3) is 2.07. The number of ketones is 1. The van der Waals surface area contributed by atoms with Gasteiger partial charge in [-0.25, -0.2) is 0 Å². The molecule has 0 spiro atoms. The molecule has 3 nitrogen and oxygen atoms in total. The molecule has 0 radical (unpaired) electrons. The summed E-state index contributed by atoms with van der Waals surface area (Å²) in [7, 11) is 1.57. The van der Waals surface area contributed by atoms with Gasteiger partial charge in [0.25, 0.3) is 0 Å². The van der Waals surface area contributed by atoms with Gasteiger partial charge in [-0.2, -0.15) is 0 Å². The zero-order valence-corrected chi connectivity index (χ0v) is 9.23. The first kappa shape index (κ1) is 10.3. The molecule has 0 atom stereocenters. The van der Waals surface area contributed by atoms with Crippen molar-refractivity contribution in [2.75, 3.05) is 19.0 Å². The van der Waals surface area contributed by atoms with Gasteiger partial charge in [0.15, 0.2) is 0 Å². The fourth-order valence-corrected chi connectivity index (χ4v) is 1.94. The van der Waals surface area contributed by atoms with Crippen LogP contribution in [-0.4, -0.2) is 19.4 Å². The number of carbonyl (C=O) groups is 1. The molecule has 0 bridgehead atoms. The second-order valence-electron chi connectivity index (χ2n) is 3.54. The maximum absolute atomic E-state index is 11.4. The number of nitrogens with one attached hydrogen (secondary N) is 1. The summed E-state index contributed by atoms with van der Waals surface area (Å²) in [5, 5.41) is 3.75. The minimum absolute atomic E-state index is 0.241. The van der Waals surface area contributed by atoms with E-state index in [1.165, 1.54) is 0 Å². The Balaban J connectivity index is 2.44. The molecular weight excluding hydrogens is 214 g/mol. The number of halogens is 1. The number of hydrogen-bond donors (Lipinski definition) is 1. The van der Waals surface area contributed by atoms with Crippen LogP contribution in [0.4, 0.5) is 5.69 Å². The largest absolute Gasteiger partial charge is 0.495 e. The Morgan fingerprint density at radius 1 is 1.47 bits per heavy atom. The second-order valence-corrected chi connectivity index (χ2v) is 3.94. The van der Waals surface area contributed by atoms with Crippen molar-refractivity contribution < 1.29 is 9.53 Å². The molecule has 0 saturated carbocycles. The van der Waals surface area contributed by atoms with Crippen LogP contribution >= 0.6 is 11.6 Å². The number of Topliss-reactive ketones (excluding diaryl/α,β-unsaturated/α-hetero) is 1. The van der Waals surface area contributed by atoms with Gasteiger partial charge in [0.2, 0.25) is 0 Å². The molecule has 0 amide bonds. The zero-order chi connectivity index (χ0) is 10.8. The lowest BCUT2D eigenvalue weighted by molar-refractivity contribution is -0.118. The lowest BCUT2D eigenvalue weighted by atomic mass is 10.1. The molecule has 1 aromatic rings. The van der Waals surface area contributed by atoms with E-state index in [0.717, 1.165) is 11.3 Å². The van der Waals surface area contributed by atoms with Gasteiger partial charge in [0.05, 0.1) is 12.1 Å². The SMILES string of the molecule is COc1cc2c(cc1Cl)NCCC(=O)C2. The van der Waals surface area contributed by atoms with E-state index >= 15 is 0 Å². The van der Waals surface area contributed by atoms with Crippen molar-refractivity contribution in [3.05, 3.63) is 22.7 Å². The van der Waals surface area contributed by atoms with E-state index in [1.807, 2.05) is 12.1 Å². The molecule has 1 heterocycles. The summed E-state index contributed by atoms with van der Waals surface area (Å²) in [6.45, 7) is 0.675. The minimum Gasteiger partial charge on any atom is -0.495 e. The van der Waals surface area contributed by atoms with Crippen LogP contribution in [0, 0.1) is 0 Å². The second kappa shape index (κ2) is 4.11. The molecule has 15 heavy (non-hydrogen) atoms. The average Bonchev–Trinajstić information content (AvgIpc) is 2.37. The van der Waals surface area contributed by atoms with Gasteiger partial charge in [-0.05, 0) is 17.7 Å². The van der Waals surface area contributed by atoms with Crippen molar-refractivity contribution in [1.82, 2.24) is 0 Å². The molecule has 80 valence electrons. The van der Waals surface area contributed by atoms with Crippen LogP contribution in [0.1, 0.15) is 12.0 Å². The van der Waals surface area contributed by atoms with Crippen molar-refractivity contribution >= 4 is 23.1 Å². The molecule has 1 aliphatic heterocycles. The Morgan fingerprint density at radius 3 is 3.00 bits per heavy atom. The van der Waals surface area contributed by atoms with Crippen molar-refractivity contribution in [3.63, 3.8) is 0 Å². The highest BCUT2D eigenvalue weighted by Gasteiger charge is 2.15. The van der Waals surface area contributed by atoms with Gasteiger partial charge in [-0.3, -0.25) is 4.79 Å². The molecule has 0 unspecified atom stereocenters. The lowest BCUT2D eigenvalue weighted by Gasteiger charge is -2.10. The predicted molar refractivity (Wildman–Crippen MR) is 59.8 cm³/mol. The van der Waals surface area contributed by atoms with E-state index < -0.39 is 0 Å². The van der Waals surface area contributed by atoms with E-state index in [9.17, 15) is 4.79 Å². The topological polar surface area (TPSA) is 38.3 Å². The Kier molecular flexibility index (Phi) is 2.82. The van der Waals surface area contributed by atoms with E-state index in [1.54, 1.807) is 7.11 Å². The first-order valence-corrected chi connectivity index (χ1v) is 5.20. The summed E-state index contributed by atoms with van der Waals surface area (Å²) < 4.78 is 5.12. The fraction of sp³-hybridized carbons (Fsp3) is 0.364. The molecule has 1 aromatic carbocycles. The molecule has 1 aliphatic rings. The molecule has 0 saturated heterocycles. The molecule has 0 fully saturated rings. The van der Waals surface area contributed by atoms with Crippen molar-refractivity contribution in [2.45, 2.75) is 12.8 Å². The number of benzene rings is 1. The molecule has 0 aromatic heterocycles. The molecule has 1 N–H and O–H groups in total. The summed E-state index contributed by atoms with van der Waals surface area (Å²) in [5.74, 6) is 0.859. The summed E-state index contributed by atoms with van der Waals surface area (Å²) in [5.41, 5.74) is 1.89. The average molecular weight is 226 g/mol. The third-order valence-corrected chi connectivity index (χ3v) is 2.78. The summed E-state index contributed by atoms with van der Waals surface area (Å²) in [4.78, 5) is 11.4. The minimum atomic E-state index is 0.241. The van der Waals surface area contributed by atoms with Gasteiger partial charge in [0, 0.05) is 25.1 Å². The highest BCUT2D eigenvalue weighted by atomic mass is 35.5. The van der Waals surface area contributed by atoms with Crippen LogP contribution in [0.5, 0.6) is 5.75 Å². The van der Waals surface area contributed by atoms with Crippen LogP contribution in [0.2, 0.25) is 5.02 Å². The van der Waals surface area contributed by atoms with Crippen molar-refractivity contribution in [2.24, 2.45) is 0 Å². The van der Waals surface area contributed by atoms with Gasteiger partial charge < -0.3 is 10.1 Å². The Bertz CT molecular complexity index is 404. The monoisotopic (exact) mass is 225 g/mol. The molecule has 2 rings (SSSR count). The number of hydrogen-bond acceptors (Lipinski definition) is 3. The summed E-state index contributed by atoms with van der Waals surface area (Å²) in [6.07, 6.45) is 1.02. The van der Waals surface area contributed by atoms with E-state index in [2.05, 4.69) is 5.32 Å². The highest BCUT2D eigenvalue weighted by Crippen LogP contribution is 2.32. The van der Waals surface area contributed by atoms with Gasteiger partial charge in [-0.1, -0.05) is 11.6 Å².